The lowest BCUT2D eigenvalue weighted by Crippen LogP contribution is -2.38. The Morgan fingerprint density at radius 2 is 2.04 bits per heavy atom. The second kappa shape index (κ2) is 10.2. The summed E-state index contributed by atoms with van der Waals surface area (Å²) in [6.07, 6.45) is 4.35. The van der Waals surface area contributed by atoms with Crippen molar-refractivity contribution in [3.8, 4) is 0 Å². The lowest BCUT2D eigenvalue weighted by molar-refractivity contribution is -0.114. The third-order valence-corrected chi connectivity index (χ3v) is 3.45. The molecule has 0 aliphatic carbocycles. The zero-order chi connectivity index (χ0) is 19.6. The van der Waals surface area contributed by atoms with E-state index in [4.69, 9.17) is 0 Å². The molecule has 7 nitrogen and oxygen atoms in total. The highest BCUT2D eigenvalue weighted by atomic mass is 19.2. The molecule has 2 aromatic rings. The van der Waals surface area contributed by atoms with Crippen LogP contribution in [0.15, 0.2) is 35.6 Å². The molecule has 146 valence electrons. The van der Waals surface area contributed by atoms with E-state index in [1.165, 1.54) is 0 Å². The van der Waals surface area contributed by atoms with Gasteiger partial charge < -0.3 is 16.0 Å². The topological polar surface area (TPSA) is 83.3 Å². The Hall–Kier alpha value is -3.04. The molecule has 0 atom stereocenters. The van der Waals surface area contributed by atoms with E-state index in [9.17, 15) is 18.0 Å². The van der Waals surface area contributed by atoms with E-state index >= 15 is 0 Å². The van der Waals surface area contributed by atoms with E-state index in [1.54, 1.807) is 10.9 Å². The Bertz CT molecular complexity index is 779. The van der Waals surface area contributed by atoms with Crippen LogP contribution in [0.3, 0.4) is 0 Å². The molecule has 1 heterocycles. The number of anilines is 1. The molecule has 1 aromatic carbocycles. The Labute approximate surface area is 154 Å². The molecule has 1 aromatic heterocycles. The van der Waals surface area contributed by atoms with Crippen LogP contribution < -0.4 is 16.0 Å². The molecule has 0 bridgehead atoms. The van der Waals surface area contributed by atoms with E-state index in [2.05, 4.69) is 26.0 Å². The number of hydrogen-bond acceptors (Lipinski definition) is 3. The Balaban J connectivity index is 1.83. The number of rotatable bonds is 8. The number of nitrogens with one attached hydrogen (secondary N) is 3. The maximum absolute atomic E-state index is 13.6. The van der Waals surface area contributed by atoms with E-state index in [0.29, 0.717) is 19.0 Å². The highest BCUT2D eigenvalue weighted by molar-refractivity contribution is 5.94. The average Bonchev–Trinajstić information content (AvgIpc) is 3.17. The number of halogens is 3. The van der Waals surface area contributed by atoms with Crippen LogP contribution in [0.25, 0.3) is 0 Å². The smallest absolute Gasteiger partial charge is 0.246 e. The number of aryl methyl sites for hydroxylation is 1. The molecule has 0 spiro atoms. The highest BCUT2D eigenvalue weighted by Crippen LogP contribution is 2.19. The molecule has 3 N–H and O–H groups in total. The average molecular weight is 382 g/mol. The van der Waals surface area contributed by atoms with Gasteiger partial charge in [0, 0.05) is 32.0 Å². The summed E-state index contributed by atoms with van der Waals surface area (Å²) in [6.45, 7) is 3.48. The zero-order valence-corrected chi connectivity index (χ0v) is 14.8. The molecule has 0 radical (unpaired) electrons. The first-order valence-electron chi connectivity index (χ1n) is 8.44. The first-order valence-corrected chi connectivity index (χ1v) is 8.44. The summed E-state index contributed by atoms with van der Waals surface area (Å²) in [5.74, 6) is -4.65. The summed E-state index contributed by atoms with van der Waals surface area (Å²) in [7, 11) is 0. The minimum Gasteiger partial charge on any atom is -0.357 e. The van der Waals surface area contributed by atoms with Gasteiger partial charge in [0.05, 0.1) is 5.69 Å². The number of hydrogen-bond donors (Lipinski definition) is 3. The van der Waals surface area contributed by atoms with Crippen LogP contribution in [0.4, 0.5) is 18.9 Å². The van der Waals surface area contributed by atoms with Gasteiger partial charge in [0.1, 0.15) is 6.54 Å². The van der Waals surface area contributed by atoms with Crippen LogP contribution >= 0.6 is 0 Å². The molecule has 0 aliphatic rings. The lowest BCUT2D eigenvalue weighted by atomic mass is 10.3. The largest absolute Gasteiger partial charge is 0.357 e. The molecular formula is C17H21F3N6O. The summed E-state index contributed by atoms with van der Waals surface area (Å²) >= 11 is 0. The number of carbonyl (C=O) groups is 1. The fraction of sp³-hybridized carbons (Fsp3) is 0.353. The van der Waals surface area contributed by atoms with Crippen molar-refractivity contribution in [1.29, 1.82) is 0 Å². The Kier molecular flexibility index (Phi) is 7.65. The maximum atomic E-state index is 13.6. The van der Waals surface area contributed by atoms with Crippen LogP contribution in [0.5, 0.6) is 0 Å². The fourth-order valence-electron chi connectivity index (χ4n) is 2.19. The zero-order valence-electron chi connectivity index (χ0n) is 14.8. The molecule has 0 fully saturated rings. The summed E-state index contributed by atoms with van der Waals surface area (Å²) in [4.78, 5) is 16.0. The number of aliphatic imine (C=N–C) groups is 1. The molecule has 0 aliphatic heterocycles. The second-order valence-corrected chi connectivity index (χ2v) is 5.52. The molecule has 0 saturated heterocycles. The molecule has 0 unspecified atom stereocenters. The second-order valence-electron chi connectivity index (χ2n) is 5.52. The van der Waals surface area contributed by atoms with Gasteiger partial charge in [0.2, 0.25) is 5.91 Å². The molecular weight excluding hydrogens is 361 g/mol. The number of aromatic nitrogens is 2. The van der Waals surface area contributed by atoms with E-state index in [-0.39, 0.29) is 6.54 Å². The Morgan fingerprint density at radius 3 is 2.74 bits per heavy atom. The molecule has 27 heavy (non-hydrogen) atoms. The third kappa shape index (κ3) is 6.32. The molecule has 1 amide bonds. The van der Waals surface area contributed by atoms with E-state index in [0.717, 1.165) is 25.1 Å². The van der Waals surface area contributed by atoms with Crippen molar-refractivity contribution in [2.24, 2.45) is 4.99 Å². The predicted octanol–water partition coefficient (Wildman–Crippen LogP) is 1.88. The lowest BCUT2D eigenvalue weighted by Gasteiger charge is -2.11. The number of carbonyl (C=O) groups excluding carboxylic acids is 1. The van der Waals surface area contributed by atoms with Crippen molar-refractivity contribution in [2.45, 2.75) is 19.9 Å². The summed E-state index contributed by atoms with van der Waals surface area (Å²) < 4.78 is 41.4. The number of benzene rings is 1. The maximum Gasteiger partial charge on any atom is 0.246 e. The molecule has 2 rings (SSSR count). The number of guanidine groups is 1. The highest BCUT2D eigenvalue weighted by Gasteiger charge is 2.15. The predicted molar refractivity (Wildman–Crippen MR) is 95.8 cm³/mol. The van der Waals surface area contributed by atoms with Gasteiger partial charge in [-0.2, -0.15) is 5.10 Å². The first kappa shape index (κ1) is 20.3. The minimum atomic E-state index is -1.64. The molecule has 10 heteroatoms. The van der Waals surface area contributed by atoms with E-state index < -0.39 is 29.0 Å². The van der Waals surface area contributed by atoms with Gasteiger partial charge in [-0.3, -0.25) is 9.48 Å². The van der Waals surface area contributed by atoms with Gasteiger partial charge in [-0.05, 0) is 31.5 Å². The van der Waals surface area contributed by atoms with Crippen molar-refractivity contribution in [2.75, 3.05) is 25.0 Å². The van der Waals surface area contributed by atoms with Crippen molar-refractivity contribution >= 4 is 17.6 Å². The van der Waals surface area contributed by atoms with Crippen molar-refractivity contribution in [3.63, 3.8) is 0 Å². The fourth-order valence-corrected chi connectivity index (χ4v) is 2.19. The number of nitrogens with zero attached hydrogens (tertiary/aromatic N) is 3. The van der Waals surface area contributed by atoms with E-state index in [1.807, 2.05) is 19.2 Å². The van der Waals surface area contributed by atoms with Crippen LogP contribution in [-0.2, 0) is 11.3 Å². The van der Waals surface area contributed by atoms with Crippen LogP contribution in [0.1, 0.15) is 13.3 Å². The van der Waals surface area contributed by atoms with Crippen LogP contribution in [0, 0.1) is 17.5 Å². The summed E-state index contributed by atoms with van der Waals surface area (Å²) in [5.41, 5.74) is -0.439. The standard InChI is InChI=1S/C17H21F3N6O/c1-2-21-17(22-7-3-9-26-10-4-8-24-26)23-11-14(27)25-13-6-5-12(18)15(19)16(13)20/h4-6,8,10H,2-3,7,9,11H2,1H3,(H,25,27)(H2,21,22,23). The summed E-state index contributed by atoms with van der Waals surface area (Å²) in [5, 5.41) is 12.3. The van der Waals surface area contributed by atoms with Crippen molar-refractivity contribution in [1.82, 2.24) is 20.4 Å². The third-order valence-electron chi connectivity index (χ3n) is 3.45. The quantitative estimate of drug-likeness (QED) is 0.282. The molecule has 0 saturated carbocycles. The minimum absolute atomic E-state index is 0.313. The normalized spacial score (nSPS) is 11.3. The summed E-state index contributed by atoms with van der Waals surface area (Å²) in [6, 6.07) is 3.53. The number of amides is 1. The van der Waals surface area contributed by atoms with Gasteiger partial charge in [-0.1, -0.05) is 0 Å². The van der Waals surface area contributed by atoms with Crippen LogP contribution in [-0.4, -0.2) is 41.3 Å². The van der Waals surface area contributed by atoms with Gasteiger partial charge in [0.15, 0.2) is 23.4 Å². The first-order chi connectivity index (χ1) is 13.0. The van der Waals surface area contributed by atoms with Crippen LogP contribution in [0.2, 0.25) is 0 Å². The van der Waals surface area contributed by atoms with Crippen molar-refractivity contribution < 1.29 is 18.0 Å². The van der Waals surface area contributed by atoms with Crippen molar-refractivity contribution in [3.05, 3.63) is 48.0 Å². The van der Waals surface area contributed by atoms with Gasteiger partial charge in [-0.25, -0.2) is 18.2 Å². The monoisotopic (exact) mass is 382 g/mol. The van der Waals surface area contributed by atoms with Gasteiger partial charge in [-0.15, -0.1) is 0 Å². The SMILES string of the molecule is CCNC(=NCC(=O)Nc1ccc(F)c(F)c1F)NCCCn1cccn1. The Morgan fingerprint density at radius 1 is 1.22 bits per heavy atom. The van der Waals surface area contributed by atoms with Gasteiger partial charge in [0.25, 0.3) is 0 Å². The van der Waals surface area contributed by atoms with Gasteiger partial charge >= 0.3 is 0 Å².